The zero-order chi connectivity index (χ0) is 14.8. The van der Waals surface area contributed by atoms with Gasteiger partial charge in [0.1, 0.15) is 12.4 Å². The van der Waals surface area contributed by atoms with Gasteiger partial charge in [0.05, 0.1) is 25.5 Å². The Morgan fingerprint density at radius 2 is 1.90 bits per heavy atom. The molecule has 20 heavy (non-hydrogen) atoms. The zero-order valence-electron chi connectivity index (χ0n) is 12.9. The van der Waals surface area contributed by atoms with Crippen molar-refractivity contribution in [3.63, 3.8) is 0 Å². The van der Waals surface area contributed by atoms with E-state index < -0.39 is 0 Å². The third kappa shape index (κ3) is 8.09. The molecule has 0 saturated carbocycles. The summed E-state index contributed by atoms with van der Waals surface area (Å²) in [6.45, 7) is 9.40. The maximum absolute atomic E-state index is 5.63. The standard InChI is InChI=1S/C15H26N2O3/c1-15(2,3)17-12-13-11-14(5-6-16-13)20-10-9-19-8-7-18-4/h5-6,11,17H,7-10,12H2,1-4H3. The first-order chi connectivity index (χ1) is 9.51. The van der Waals surface area contributed by atoms with Gasteiger partial charge in [-0.3, -0.25) is 4.98 Å². The van der Waals surface area contributed by atoms with Crippen molar-refractivity contribution >= 4 is 0 Å². The Hall–Kier alpha value is -1.17. The van der Waals surface area contributed by atoms with E-state index in [1.165, 1.54) is 0 Å². The molecule has 5 heteroatoms. The summed E-state index contributed by atoms with van der Waals surface area (Å²) in [6.07, 6.45) is 1.76. The lowest BCUT2D eigenvalue weighted by Gasteiger charge is -2.20. The van der Waals surface area contributed by atoms with Crippen molar-refractivity contribution in [2.24, 2.45) is 0 Å². The normalized spacial score (nSPS) is 11.6. The summed E-state index contributed by atoms with van der Waals surface area (Å²) in [5.41, 5.74) is 1.05. The second-order valence-electron chi connectivity index (χ2n) is 5.54. The number of pyridine rings is 1. The van der Waals surface area contributed by atoms with Gasteiger partial charge in [-0.1, -0.05) is 0 Å². The number of aromatic nitrogens is 1. The van der Waals surface area contributed by atoms with Crippen molar-refractivity contribution < 1.29 is 14.2 Å². The van der Waals surface area contributed by atoms with Crippen LogP contribution in [-0.2, 0) is 16.0 Å². The van der Waals surface area contributed by atoms with Crippen molar-refractivity contribution in [1.29, 1.82) is 0 Å². The summed E-state index contributed by atoms with van der Waals surface area (Å²) >= 11 is 0. The lowest BCUT2D eigenvalue weighted by Crippen LogP contribution is -2.35. The number of nitrogens with zero attached hydrogens (tertiary/aromatic N) is 1. The zero-order valence-corrected chi connectivity index (χ0v) is 12.9. The van der Waals surface area contributed by atoms with Crippen molar-refractivity contribution in [3.05, 3.63) is 24.0 Å². The van der Waals surface area contributed by atoms with Crippen molar-refractivity contribution in [2.45, 2.75) is 32.9 Å². The van der Waals surface area contributed by atoms with E-state index in [2.05, 4.69) is 31.1 Å². The van der Waals surface area contributed by atoms with Gasteiger partial charge < -0.3 is 19.5 Å². The van der Waals surface area contributed by atoms with Gasteiger partial charge in [0.15, 0.2) is 0 Å². The molecule has 1 rings (SSSR count). The first-order valence-electron chi connectivity index (χ1n) is 6.91. The third-order valence-electron chi connectivity index (χ3n) is 2.52. The van der Waals surface area contributed by atoms with Crippen LogP contribution in [0.25, 0.3) is 0 Å². The number of hydrogen-bond donors (Lipinski definition) is 1. The molecule has 0 unspecified atom stereocenters. The molecule has 1 aromatic rings. The Morgan fingerprint density at radius 3 is 2.60 bits per heavy atom. The van der Waals surface area contributed by atoms with Gasteiger partial charge in [0.2, 0.25) is 0 Å². The van der Waals surface area contributed by atoms with Crippen molar-refractivity contribution in [1.82, 2.24) is 10.3 Å². The largest absolute Gasteiger partial charge is 0.491 e. The predicted molar refractivity (Wildman–Crippen MR) is 79.0 cm³/mol. The molecule has 0 aromatic carbocycles. The molecule has 1 heterocycles. The SMILES string of the molecule is COCCOCCOc1ccnc(CNC(C)(C)C)c1. The summed E-state index contributed by atoms with van der Waals surface area (Å²) in [7, 11) is 1.66. The molecule has 114 valence electrons. The number of rotatable bonds is 9. The van der Waals surface area contributed by atoms with E-state index in [9.17, 15) is 0 Å². The van der Waals surface area contributed by atoms with Crippen LogP contribution in [0.5, 0.6) is 5.75 Å². The molecule has 0 amide bonds. The first-order valence-corrected chi connectivity index (χ1v) is 6.91. The van der Waals surface area contributed by atoms with Crippen LogP contribution in [0.1, 0.15) is 26.5 Å². The highest BCUT2D eigenvalue weighted by Gasteiger charge is 2.09. The topological polar surface area (TPSA) is 52.6 Å². The quantitative estimate of drug-likeness (QED) is 0.702. The van der Waals surface area contributed by atoms with E-state index in [1.807, 2.05) is 12.1 Å². The fraction of sp³-hybridized carbons (Fsp3) is 0.667. The van der Waals surface area contributed by atoms with Gasteiger partial charge in [-0.15, -0.1) is 0 Å². The van der Waals surface area contributed by atoms with Crippen molar-refractivity contribution in [2.75, 3.05) is 33.5 Å². The van der Waals surface area contributed by atoms with E-state index in [4.69, 9.17) is 14.2 Å². The monoisotopic (exact) mass is 282 g/mol. The minimum Gasteiger partial charge on any atom is -0.491 e. The maximum Gasteiger partial charge on any atom is 0.122 e. The predicted octanol–water partition coefficient (Wildman–Crippen LogP) is 2.01. The minimum absolute atomic E-state index is 0.0771. The van der Waals surface area contributed by atoms with Crippen LogP contribution in [0.4, 0.5) is 0 Å². The van der Waals surface area contributed by atoms with Gasteiger partial charge in [-0.2, -0.15) is 0 Å². The molecule has 0 aliphatic rings. The third-order valence-corrected chi connectivity index (χ3v) is 2.52. The highest BCUT2D eigenvalue weighted by molar-refractivity contribution is 5.22. The highest BCUT2D eigenvalue weighted by Crippen LogP contribution is 2.11. The Balaban J connectivity index is 2.29. The van der Waals surface area contributed by atoms with Crippen LogP contribution < -0.4 is 10.1 Å². The minimum atomic E-state index is 0.0771. The smallest absolute Gasteiger partial charge is 0.122 e. The Morgan fingerprint density at radius 1 is 1.15 bits per heavy atom. The van der Waals surface area contributed by atoms with Crippen LogP contribution in [0, 0.1) is 0 Å². The number of nitrogens with one attached hydrogen (secondary N) is 1. The molecule has 0 radical (unpaired) electrons. The van der Waals surface area contributed by atoms with Gasteiger partial charge in [0.25, 0.3) is 0 Å². The molecular formula is C15H26N2O3. The Kier molecular flexibility index (Phi) is 7.51. The van der Waals surface area contributed by atoms with Crippen LogP contribution in [-0.4, -0.2) is 44.1 Å². The molecule has 0 bridgehead atoms. The average Bonchev–Trinajstić information content (AvgIpc) is 2.40. The van der Waals surface area contributed by atoms with Crippen LogP contribution in [0.15, 0.2) is 18.3 Å². The molecule has 0 spiro atoms. The maximum atomic E-state index is 5.63. The summed E-state index contributed by atoms with van der Waals surface area (Å²) in [5, 5.41) is 3.40. The van der Waals surface area contributed by atoms with E-state index in [-0.39, 0.29) is 5.54 Å². The lowest BCUT2D eigenvalue weighted by atomic mass is 10.1. The molecule has 1 aromatic heterocycles. The fourth-order valence-electron chi connectivity index (χ4n) is 1.46. The van der Waals surface area contributed by atoms with E-state index in [1.54, 1.807) is 13.3 Å². The molecule has 5 nitrogen and oxygen atoms in total. The second-order valence-corrected chi connectivity index (χ2v) is 5.54. The van der Waals surface area contributed by atoms with Crippen LogP contribution in [0.3, 0.4) is 0 Å². The molecule has 1 N–H and O–H groups in total. The Labute approximate surface area is 121 Å². The molecule has 0 aliphatic heterocycles. The number of hydrogen-bond acceptors (Lipinski definition) is 5. The van der Waals surface area contributed by atoms with Gasteiger partial charge in [-0.05, 0) is 26.8 Å². The second kappa shape index (κ2) is 8.89. The first kappa shape index (κ1) is 16.9. The summed E-state index contributed by atoms with van der Waals surface area (Å²) < 4.78 is 15.9. The number of ether oxygens (including phenoxy) is 3. The molecule has 0 fully saturated rings. The van der Waals surface area contributed by atoms with Gasteiger partial charge in [-0.25, -0.2) is 0 Å². The van der Waals surface area contributed by atoms with E-state index >= 15 is 0 Å². The fourth-order valence-corrected chi connectivity index (χ4v) is 1.46. The highest BCUT2D eigenvalue weighted by atomic mass is 16.5. The molecule has 0 atom stereocenters. The van der Waals surface area contributed by atoms with Gasteiger partial charge in [0, 0.05) is 31.5 Å². The van der Waals surface area contributed by atoms with Gasteiger partial charge >= 0.3 is 0 Å². The molecular weight excluding hydrogens is 256 g/mol. The van der Waals surface area contributed by atoms with Crippen molar-refractivity contribution in [3.8, 4) is 5.75 Å². The Bertz CT molecular complexity index is 378. The molecule has 0 saturated heterocycles. The summed E-state index contributed by atoms with van der Waals surface area (Å²) in [4.78, 5) is 4.32. The summed E-state index contributed by atoms with van der Waals surface area (Å²) in [5.74, 6) is 0.820. The van der Waals surface area contributed by atoms with Crippen LogP contribution in [0.2, 0.25) is 0 Å². The van der Waals surface area contributed by atoms with E-state index in [0.29, 0.717) is 26.4 Å². The molecule has 0 aliphatic carbocycles. The van der Waals surface area contributed by atoms with E-state index in [0.717, 1.165) is 18.0 Å². The summed E-state index contributed by atoms with van der Waals surface area (Å²) in [6, 6.07) is 3.81. The lowest BCUT2D eigenvalue weighted by molar-refractivity contribution is 0.0544. The van der Waals surface area contributed by atoms with Crippen LogP contribution >= 0.6 is 0 Å². The average molecular weight is 282 g/mol. The number of methoxy groups -OCH3 is 1.